The third kappa shape index (κ3) is 3.11. The first kappa shape index (κ1) is 14.5. The summed E-state index contributed by atoms with van der Waals surface area (Å²) < 4.78 is 26.4. The smallest absolute Gasteiger partial charge is 0.261 e. The molecule has 0 spiro atoms. The van der Waals surface area contributed by atoms with Crippen LogP contribution < -0.4 is 5.56 Å². The van der Waals surface area contributed by atoms with Crippen LogP contribution in [0.5, 0.6) is 0 Å². The molecule has 2 aromatic rings. The Balaban J connectivity index is 1.89. The summed E-state index contributed by atoms with van der Waals surface area (Å²) in [7, 11) is 0. The summed E-state index contributed by atoms with van der Waals surface area (Å²) in [5, 5.41) is 0.924. The van der Waals surface area contributed by atoms with Crippen LogP contribution in [0.2, 0.25) is 0 Å². The average molecular weight is 310 g/mol. The lowest BCUT2D eigenvalue weighted by atomic mass is 10.1. The van der Waals surface area contributed by atoms with Crippen molar-refractivity contribution >= 4 is 22.7 Å². The van der Waals surface area contributed by atoms with Gasteiger partial charge < -0.3 is 4.98 Å². The molecule has 0 amide bonds. The molecule has 0 bridgehead atoms. The average Bonchev–Trinajstić information content (AvgIpc) is 2.78. The number of hydrogen-bond donors (Lipinski definition) is 1. The molecular formula is C15H16F2N2OS. The lowest BCUT2D eigenvalue weighted by Gasteiger charge is -2.15. The van der Waals surface area contributed by atoms with E-state index in [1.807, 2.05) is 24.5 Å². The molecule has 0 aliphatic carbocycles. The summed E-state index contributed by atoms with van der Waals surface area (Å²) in [6.45, 7) is 0.330. The third-order valence-corrected chi connectivity index (χ3v) is 4.50. The van der Waals surface area contributed by atoms with Gasteiger partial charge in [0.05, 0.1) is 6.54 Å². The van der Waals surface area contributed by atoms with E-state index in [0.717, 1.165) is 15.8 Å². The fourth-order valence-corrected chi connectivity index (χ4v) is 3.09. The van der Waals surface area contributed by atoms with E-state index in [4.69, 9.17) is 0 Å². The highest BCUT2D eigenvalue weighted by Gasteiger charge is 2.38. The minimum atomic E-state index is -2.63. The molecule has 1 N–H and O–H groups in total. The SMILES string of the molecule is CSc1ccc2cc(CN3CCC(F)(F)C3)c(=O)[nH]c2c1. The molecule has 1 aromatic heterocycles. The zero-order valence-corrected chi connectivity index (χ0v) is 12.5. The van der Waals surface area contributed by atoms with Crippen molar-refractivity contribution in [1.82, 2.24) is 9.88 Å². The van der Waals surface area contributed by atoms with Crippen LogP contribution >= 0.6 is 11.8 Å². The molecule has 1 aliphatic heterocycles. The van der Waals surface area contributed by atoms with E-state index in [1.54, 1.807) is 22.7 Å². The van der Waals surface area contributed by atoms with Crippen LogP contribution in [0.3, 0.4) is 0 Å². The monoisotopic (exact) mass is 310 g/mol. The zero-order chi connectivity index (χ0) is 15.0. The number of hydrogen-bond acceptors (Lipinski definition) is 3. The van der Waals surface area contributed by atoms with Gasteiger partial charge in [0.25, 0.3) is 11.5 Å². The van der Waals surface area contributed by atoms with Gasteiger partial charge >= 0.3 is 0 Å². The second-order valence-electron chi connectivity index (χ2n) is 5.39. The maximum absolute atomic E-state index is 13.2. The number of rotatable bonds is 3. The maximum atomic E-state index is 13.2. The predicted molar refractivity (Wildman–Crippen MR) is 81.2 cm³/mol. The number of benzene rings is 1. The van der Waals surface area contributed by atoms with Gasteiger partial charge in [0.2, 0.25) is 0 Å². The van der Waals surface area contributed by atoms with Gasteiger partial charge in [0.15, 0.2) is 0 Å². The summed E-state index contributed by atoms with van der Waals surface area (Å²) >= 11 is 1.61. The van der Waals surface area contributed by atoms with E-state index in [-0.39, 0.29) is 25.1 Å². The number of H-pyrrole nitrogens is 1. The Labute approximate surface area is 125 Å². The van der Waals surface area contributed by atoms with Gasteiger partial charge in [0.1, 0.15) is 0 Å². The number of halogens is 2. The normalized spacial score (nSPS) is 18.4. The van der Waals surface area contributed by atoms with Crippen molar-refractivity contribution in [2.75, 3.05) is 19.3 Å². The van der Waals surface area contributed by atoms with Crippen molar-refractivity contribution in [2.45, 2.75) is 23.8 Å². The van der Waals surface area contributed by atoms with E-state index in [2.05, 4.69) is 4.98 Å². The molecule has 0 saturated carbocycles. The van der Waals surface area contributed by atoms with E-state index in [0.29, 0.717) is 12.1 Å². The second kappa shape index (κ2) is 5.42. The predicted octanol–water partition coefficient (Wildman–Crippen LogP) is 3.09. The molecule has 2 heterocycles. The summed E-state index contributed by atoms with van der Waals surface area (Å²) in [4.78, 5) is 17.7. The first-order valence-electron chi connectivity index (χ1n) is 6.77. The number of aromatic nitrogens is 1. The quantitative estimate of drug-likeness (QED) is 0.885. The summed E-state index contributed by atoms with van der Waals surface area (Å²) in [6, 6.07) is 7.65. The molecule has 3 nitrogen and oxygen atoms in total. The Morgan fingerprint density at radius 2 is 2.19 bits per heavy atom. The highest BCUT2D eigenvalue weighted by Crippen LogP contribution is 2.28. The number of alkyl halides is 2. The van der Waals surface area contributed by atoms with Crippen molar-refractivity contribution < 1.29 is 8.78 Å². The molecule has 112 valence electrons. The lowest BCUT2D eigenvalue weighted by Crippen LogP contribution is -2.27. The van der Waals surface area contributed by atoms with Crippen molar-refractivity contribution in [3.63, 3.8) is 0 Å². The molecule has 0 radical (unpaired) electrons. The van der Waals surface area contributed by atoms with E-state index < -0.39 is 5.92 Å². The minimum absolute atomic E-state index is 0.129. The van der Waals surface area contributed by atoms with Gasteiger partial charge in [-0.15, -0.1) is 11.8 Å². The summed E-state index contributed by atoms with van der Waals surface area (Å²) in [6.07, 6.45) is 1.84. The van der Waals surface area contributed by atoms with Gasteiger partial charge in [-0.2, -0.15) is 0 Å². The molecule has 1 saturated heterocycles. The Kier molecular flexibility index (Phi) is 3.75. The summed E-state index contributed by atoms with van der Waals surface area (Å²) in [5.74, 6) is -2.63. The summed E-state index contributed by atoms with van der Waals surface area (Å²) in [5.41, 5.74) is 1.12. The molecule has 1 aromatic carbocycles. The van der Waals surface area contributed by atoms with Crippen molar-refractivity contribution in [3.8, 4) is 0 Å². The minimum Gasteiger partial charge on any atom is -0.322 e. The van der Waals surface area contributed by atoms with Gasteiger partial charge in [-0.3, -0.25) is 9.69 Å². The van der Waals surface area contributed by atoms with E-state index in [1.165, 1.54) is 0 Å². The Morgan fingerprint density at radius 3 is 2.86 bits per heavy atom. The van der Waals surface area contributed by atoms with Gasteiger partial charge in [-0.05, 0) is 29.8 Å². The van der Waals surface area contributed by atoms with E-state index in [9.17, 15) is 13.6 Å². The third-order valence-electron chi connectivity index (χ3n) is 3.77. The standard InChI is InChI=1S/C15H16F2N2OS/c1-21-12-3-2-10-6-11(14(20)18-13(10)7-12)8-19-5-4-15(16,17)9-19/h2-3,6-7H,4-5,8-9H2,1H3,(H,18,20). The number of thioether (sulfide) groups is 1. The van der Waals surface area contributed by atoms with Crippen LogP contribution in [0.15, 0.2) is 34.0 Å². The lowest BCUT2D eigenvalue weighted by molar-refractivity contribution is 0.0115. The zero-order valence-electron chi connectivity index (χ0n) is 11.7. The highest BCUT2D eigenvalue weighted by atomic mass is 32.2. The molecule has 6 heteroatoms. The molecule has 0 unspecified atom stereocenters. The number of aromatic amines is 1. The second-order valence-corrected chi connectivity index (χ2v) is 6.27. The van der Waals surface area contributed by atoms with Crippen LogP contribution in [0, 0.1) is 0 Å². The van der Waals surface area contributed by atoms with Crippen LogP contribution in [0.4, 0.5) is 8.78 Å². The molecule has 3 rings (SSSR count). The highest BCUT2D eigenvalue weighted by molar-refractivity contribution is 7.98. The molecule has 21 heavy (non-hydrogen) atoms. The van der Waals surface area contributed by atoms with Gasteiger partial charge in [-0.25, -0.2) is 8.78 Å². The first-order chi connectivity index (χ1) is 9.97. The first-order valence-corrected chi connectivity index (χ1v) is 7.99. The largest absolute Gasteiger partial charge is 0.322 e. The van der Waals surface area contributed by atoms with Crippen molar-refractivity contribution in [1.29, 1.82) is 0 Å². The van der Waals surface area contributed by atoms with E-state index >= 15 is 0 Å². The number of likely N-dealkylation sites (tertiary alicyclic amines) is 1. The molecule has 1 aliphatic rings. The Bertz CT molecular complexity index is 729. The topological polar surface area (TPSA) is 36.1 Å². The Morgan fingerprint density at radius 1 is 1.38 bits per heavy atom. The number of fused-ring (bicyclic) bond motifs is 1. The fourth-order valence-electron chi connectivity index (χ4n) is 2.65. The van der Waals surface area contributed by atoms with Gasteiger partial charge in [0, 0.05) is 35.5 Å². The van der Waals surface area contributed by atoms with Crippen LogP contribution in [0.25, 0.3) is 10.9 Å². The molecule has 1 fully saturated rings. The van der Waals surface area contributed by atoms with Crippen molar-refractivity contribution in [3.05, 3.63) is 40.2 Å². The molecular weight excluding hydrogens is 294 g/mol. The van der Waals surface area contributed by atoms with Crippen LogP contribution in [0.1, 0.15) is 12.0 Å². The van der Waals surface area contributed by atoms with Gasteiger partial charge in [-0.1, -0.05) is 6.07 Å². The molecule has 0 atom stereocenters. The number of nitrogens with zero attached hydrogens (tertiary/aromatic N) is 1. The van der Waals surface area contributed by atoms with Crippen LogP contribution in [-0.2, 0) is 6.54 Å². The Hall–Kier alpha value is -1.40. The number of pyridine rings is 1. The fraction of sp³-hybridized carbons (Fsp3) is 0.400. The maximum Gasteiger partial charge on any atom is 0.261 e. The number of nitrogens with one attached hydrogen (secondary N) is 1. The van der Waals surface area contributed by atoms with Crippen molar-refractivity contribution in [2.24, 2.45) is 0 Å². The van der Waals surface area contributed by atoms with Crippen LogP contribution in [-0.4, -0.2) is 35.2 Å².